The van der Waals surface area contributed by atoms with E-state index in [-0.39, 0.29) is 18.2 Å². The van der Waals surface area contributed by atoms with Crippen LogP contribution in [-0.2, 0) is 20.8 Å². The highest BCUT2D eigenvalue weighted by molar-refractivity contribution is 7.81. The molecule has 0 radical (unpaired) electrons. The molecule has 176 valence electrons. The number of aromatic nitrogens is 1. The Labute approximate surface area is 199 Å². The zero-order valence-corrected chi connectivity index (χ0v) is 19.8. The van der Waals surface area contributed by atoms with Gasteiger partial charge in [-0.3, -0.25) is 14.6 Å². The lowest BCUT2D eigenvalue weighted by Gasteiger charge is -2.32. The third kappa shape index (κ3) is 6.13. The van der Waals surface area contributed by atoms with E-state index in [2.05, 4.69) is 28.2 Å². The van der Waals surface area contributed by atoms with Crippen molar-refractivity contribution in [1.82, 2.24) is 15.6 Å². The molecule has 2 amide bonds. The molecule has 33 heavy (non-hydrogen) atoms. The molecule has 0 bridgehead atoms. The summed E-state index contributed by atoms with van der Waals surface area (Å²) in [6, 6.07) is 12.0. The molecule has 3 N–H and O–H groups in total. The van der Waals surface area contributed by atoms with Crippen molar-refractivity contribution in [3.63, 3.8) is 0 Å². The van der Waals surface area contributed by atoms with Gasteiger partial charge < -0.3 is 15.7 Å². The second-order valence-electron chi connectivity index (χ2n) is 8.95. The SMILES string of the molecule is CC(C)C(S)C(=O)NC1(C(=O)NC(Cc2ccc(-c3ccccn3)cc2)C(=O)O)CCCC1. The van der Waals surface area contributed by atoms with Crippen molar-refractivity contribution in [2.75, 3.05) is 0 Å². The summed E-state index contributed by atoms with van der Waals surface area (Å²) in [4.78, 5) is 42.1. The molecule has 1 heterocycles. The Morgan fingerprint density at radius 1 is 1.09 bits per heavy atom. The summed E-state index contributed by atoms with van der Waals surface area (Å²) < 4.78 is 0. The van der Waals surface area contributed by atoms with Crippen LogP contribution in [0.4, 0.5) is 0 Å². The molecule has 0 spiro atoms. The number of carboxylic acid groups (broad SMARTS) is 1. The number of benzene rings is 1. The minimum Gasteiger partial charge on any atom is -0.480 e. The number of nitrogens with one attached hydrogen (secondary N) is 2. The van der Waals surface area contributed by atoms with Gasteiger partial charge in [-0.15, -0.1) is 0 Å². The third-order valence-electron chi connectivity index (χ3n) is 6.11. The van der Waals surface area contributed by atoms with E-state index in [1.54, 1.807) is 6.20 Å². The van der Waals surface area contributed by atoms with Crippen molar-refractivity contribution in [3.8, 4) is 11.3 Å². The molecule has 7 nitrogen and oxygen atoms in total. The normalized spacial score (nSPS) is 16.7. The van der Waals surface area contributed by atoms with E-state index in [1.165, 1.54) is 0 Å². The van der Waals surface area contributed by atoms with Crippen molar-refractivity contribution in [2.24, 2.45) is 5.92 Å². The van der Waals surface area contributed by atoms with Crippen molar-refractivity contribution in [2.45, 2.75) is 62.8 Å². The van der Waals surface area contributed by atoms with Crippen LogP contribution < -0.4 is 10.6 Å². The van der Waals surface area contributed by atoms with Gasteiger partial charge in [-0.25, -0.2) is 4.79 Å². The van der Waals surface area contributed by atoms with Gasteiger partial charge in [0.1, 0.15) is 11.6 Å². The molecule has 1 saturated carbocycles. The van der Waals surface area contributed by atoms with Crippen LogP contribution in [0.5, 0.6) is 0 Å². The van der Waals surface area contributed by atoms with Crippen molar-refractivity contribution in [1.29, 1.82) is 0 Å². The molecular formula is C25H31N3O4S. The van der Waals surface area contributed by atoms with Gasteiger partial charge in [-0.1, -0.05) is 57.0 Å². The lowest BCUT2D eigenvalue weighted by atomic mass is 9.94. The van der Waals surface area contributed by atoms with Crippen LogP contribution in [0, 0.1) is 5.92 Å². The average molecular weight is 470 g/mol. The van der Waals surface area contributed by atoms with E-state index in [1.807, 2.05) is 56.3 Å². The summed E-state index contributed by atoms with van der Waals surface area (Å²) in [6.45, 7) is 3.77. The Hall–Kier alpha value is -2.87. The summed E-state index contributed by atoms with van der Waals surface area (Å²) >= 11 is 4.36. The Balaban J connectivity index is 1.71. The fraction of sp³-hybridized carbons (Fsp3) is 0.440. The first-order valence-corrected chi connectivity index (χ1v) is 11.8. The highest BCUT2D eigenvalue weighted by Crippen LogP contribution is 2.31. The second kappa shape index (κ2) is 10.8. The molecule has 1 aliphatic rings. The number of nitrogens with zero attached hydrogens (tertiary/aromatic N) is 1. The number of hydrogen-bond donors (Lipinski definition) is 4. The molecule has 2 unspecified atom stereocenters. The summed E-state index contributed by atoms with van der Waals surface area (Å²) in [5, 5.41) is 14.8. The summed E-state index contributed by atoms with van der Waals surface area (Å²) in [5.41, 5.74) is 1.44. The second-order valence-corrected chi connectivity index (χ2v) is 9.50. The maximum Gasteiger partial charge on any atom is 0.326 e. The van der Waals surface area contributed by atoms with Crippen molar-refractivity contribution < 1.29 is 19.5 Å². The number of carbonyl (C=O) groups excluding carboxylic acids is 2. The molecule has 1 fully saturated rings. The zero-order valence-electron chi connectivity index (χ0n) is 19.0. The van der Waals surface area contributed by atoms with Crippen molar-refractivity contribution >= 4 is 30.4 Å². The van der Waals surface area contributed by atoms with Crippen molar-refractivity contribution in [3.05, 3.63) is 54.2 Å². The highest BCUT2D eigenvalue weighted by Gasteiger charge is 2.44. The van der Waals surface area contributed by atoms with Gasteiger partial charge >= 0.3 is 5.97 Å². The number of carbonyl (C=O) groups is 3. The number of hydrogen-bond acceptors (Lipinski definition) is 5. The van der Waals surface area contributed by atoms with Crippen LogP contribution >= 0.6 is 12.6 Å². The predicted octanol–water partition coefficient (Wildman–Crippen LogP) is 3.24. The molecule has 1 aliphatic carbocycles. The van der Waals surface area contributed by atoms with Crippen LogP contribution in [0.3, 0.4) is 0 Å². The molecule has 2 aromatic rings. The van der Waals surface area contributed by atoms with Gasteiger partial charge in [0, 0.05) is 18.2 Å². The summed E-state index contributed by atoms with van der Waals surface area (Å²) in [6.07, 6.45) is 4.39. The third-order valence-corrected chi connectivity index (χ3v) is 6.94. The van der Waals surface area contributed by atoms with Crippen LogP contribution in [0.15, 0.2) is 48.7 Å². The van der Waals surface area contributed by atoms with Crippen LogP contribution in [-0.4, -0.2) is 44.7 Å². The van der Waals surface area contributed by atoms with Crippen LogP contribution in [0.25, 0.3) is 11.3 Å². The Kier molecular flexibility index (Phi) is 8.13. The van der Waals surface area contributed by atoms with E-state index in [0.717, 1.165) is 29.7 Å². The molecule has 0 aliphatic heterocycles. The molecule has 1 aromatic carbocycles. The van der Waals surface area contributed by atoms with Gasteiger partial charge in [0.05, 0.1) is 10.9 Å². The molecule has 8 heteroatoms. The molecule has 2 atom stereocenters. The monoisotopic (exact) mass is 469 g/mol. The van der Waals surface area contributed by atoms with Gasteiger partial charge in [-0.05, 0) is 36.5 Å². The predicted molar refractivity (Wildman–Crippen MR) is 130 cm³/mol. The minimum absolute atomic E-state index is 0.00988. The van der Waals surface area contributed by atoms with Gasteiger partial charge in [0.25, 0.3) is 0 Å². The maximum absolute atomic E-state index is 13.2. The van der Waals surface area contributed by atoms with E-state index < -0.39 is 28.7 Å². The van der Waals surface area contributed by atoms with Gasteiger partial charge in [0.2, 0.25) is 11.8 Å². The largest absolute Gasteiger partial charge is 0.480 e. The van der Waals surface area contributed by atoms with Crippen LogP contribution in [0.2, 0.25) is 0 Å². The van der Waals surface area contributed by atoms with Gasteiger partial charge in [-0.2, -0.15) is 12.6 Å². The lowest BCUT2D eigenvalue weighted by molar-refractivity contribution is -0.143. The highest BCUT2D eigenvalue weighted by atomic mass is 32.1. The van der Waals surface area contributed by atoms with Gasteiger partial charge in [0.15, 0.2) is 0 Å². The molecule has 1 aromatic heterocycles. The first-order valence-electron chi connectivity index (χ1n) is 11.3. The number of carboxylic acids is 1. The molecule has 0 saturated heterocycles. The number of amides is 2. The number of pyridine rings is 1. The molecular weight excluding hydrogens is 438 g/mol. The van der Waals surface area contributed by atoms with E-state index in [4.69, 9.17) is 0 Å². The zero-order chi connectivity index (χ0) is 24.0. The number of thiol groups is 1. The van der Waals surface area contributed by atoms with E-state index in [0.29, 0.717) is 12.8 Å². The quantitative estimate of drug-likeness (QED) is 0.422. The first-order chi connectivity index (χ1) is 15.7. The fourth-order valence-corrected chi connectivity index (χ4v) is 4.14. The fourth-order valence-electron chi connectivity index (χ4n) is 4.08. The van der Waals surface area contributed by atoms with E-state index >= 15 is 0 Å². The maximum atomic E-state index is 13.2. The minimum atomic E-state index is -1.12. The van der Waals surface area contributed by atoms with Crippen LogP contribution in [0.1, 0.15) is 45.1 Å². The average Bonchev–Trinajstić information content (AvgIpc) is 3.28. The van der Waals surface area contributed by atoms with E-state index in [9.17, 15) is 19.5 Å². The summed E-state index contributed by atoms with van der Waals surface area (Å²) in [5.74, 6) is -1.86. The summed E-state index contributed by atoms with van der Waals surface area (Å²) in [7, 11) is 0. The standard InChI is InChI=1S/C25H31N3O4S/c1-16(2)21(33)22(29)28-25(12-4-5-13-25)24(32)27-20(23(30)31)15-17-8-10-18(11-9-17)19-7-3-6-14-26-19/h3,6-11,14,16,20-21,33H,4-5,12-13,15H2,1-2H3,(H,27,32)(H,28,29)(H,30,31). The Bertz CT molecular complexity index is 973. The number of rotatable bonds is 9. The Morgan fingerprint density at radius 2 is 1.76 bits per heavy atom. The number of aliphatic carboxylic acids is 1. The first kappa shape index (κ1) is 24.8. The Morgan fingerprint density at radius 3 is 2.30 bits per heavy atom. The smallest absolute Gasteiger partial charge is 0.326 e. The topological polar surface area (TPSA) is 108 Å². The molecule has 3 rings (SSSR count). The lowest BCUT2D eigenvalue weighted by Crippen LogP contribution is -2.61.